The molecular formula is C14H18N4O2. The summed E-state index contributed by atoms with van der Waals surface area (Å²) in [4.78, 5) is 10.6. The lowest BCUT2D eigenvalue weighted by atomic mass is 10.1. The highest BCUT2D eigenvalue weighted by atomic mass is 16.6. The molecule has 0 spiro atoms. The van der Waals surface area contributed by atoms with Gasteiger partial charge in [0, 0.05) is 35.5 Å². The Hall–Kier alpha value is -2.21. The predicted octanol–water partition coefficient (Wildman–Crippen LogP) is 2.79. The molecule has 0 saturated carbocycles. The van der Waals surface area contributed by atoms with Crippen LogP contribution in [0.3, 0.4) is 0 Å². The fourth-order valence-corrected chi connectivity index (χ4v) is 1.88. The summed E-state index contributed by atoms with van der Waals surface area (Å²) in [7, 11) is 0. The van der Waals surface area contributed by atoms with Crippen molar-refractivity contribution in [3.8, 4) is 11.3 Å². The molecule has 2 aromatic rings. The Labute approximate surface area is 117 Å². The molecule has 0 amide bonds. The number of H-pyrrole nitrogens is 1. The summed E-state index contributed by atoms with van der Waals surface area (Å²) in [6.07, 6.45) is 0. The van der Waals surface area contributed by atoms with E-state index in [0.29, 0.717) is 23.8 Å². The molecule has 2 N–H and O–H groups in total. The third-order valence-corrected chi connectivity index (χ3v) is 3.03. The highest BCUT2D eigenvalue weighted by Gasteiger charge is 2.13. The lowest BCUT2D eigenvalue weighted by Gasteiger charge is -2.04. The van der Waals surface area contributed by atoms with E-state index in [1.807, 2.05) is 12.1 Å². The second-order valence-electron chi connectivity index (χ2n) is 5.07. The number of aryl methyl sites for hydroxylation is 1. The number of hydrogen-bond acceptors (Lipinski definition) is 4. The quantitative estimate of drug-likeness (QED) is 0.648. The smallest absolute Gasteiger partial charge is 0.272 e. The Morgan fingerprint density at radius 3 is 2.80 bits per heavy atom. The maximum atomic E-state index is 11.0. The molecule has 20 heavy (non-hydrogen) atoms. The van der Waals surface area contributed by atoms with Crippen LogP contribution in [0.1, 0.15) is 25.1 Å². The van der Waals surface area contributed by atoms with Crippen LogP contribution in [-0.4, -0.2) is 21.2 Å². The third kappa shape index (κ3) is 3.21. The number of aromatic nitrogens is 2. The molecule has 1 aromatic heterocycles. The molecule has 0 saturated heterocycles. The van der Waals surface area contributed by atoms with Crippen LogP contribution < -0.4 is 5.32 Å². The number of nitrogens with one attached hydrogen (secondary N) is 2. The molecule has 0 fully saturated rings. The normalized spacial score (nSPS) is 11.0. The first-order valence-corrected chi connectivity index (χ1v) is 6.50. The van der Waals surface area contributed by atoms with Gasteiger partial charge in [0.15, 0.2) is 0 Å². The zero-order valence-corrected chi connectivity index (χ0v) is 11.8. The zero-order chi connectivity index (χ0) is 14.7. The Morgan fingerprint density at radius 2 is 2.15 bits per heavy atom. The van der Waals surface area contributed by atoms with Gasteiger partial charge in [-0.3, -0.25) is 15.2 Å². The van der Waals surface area contributed by atoms with Gasteiger partial charge in [0.25, 0.3) is 5.69 Å². The largest absolute Gasteiger partial charge is 0.309 e. The van der Waals surface area contributed by atoms with Gasteiger partial charge in [0.05, 0.1) is 10.6 Å². The monoisotopic (exact) mass is 274 g/mol. The first-order valence-electron chi connectivity index (χ1n) is 6.50. The van der Waals surface area contributed by atoms with Crippen LogP contribution in [0.15, 0.2) is 24.3 Å². The minimum atomic E-state index is -0.368. The second-order valence-corrected chi connectivity index (χ2v) is 5.07. The van der Waals surface area contributed by atoms with E-state index in [-0.39, 0.29) is 10.6 Å². The van der Waals surface area contributed by atoms with Gasteiger partial charge in [-0.15, -0.1) is 0 Å². The Morgan fingerprint density at radius 1 is 1.40 bits per heavy atom. The maximum Gasteiger partial charge on any atom is 0.272 e. The summed E-state index contributed by atoms with van der Waals surface area (Å²) >= 11 is 0. The van der Waals surface area contributed by atoms with Gasteiger partial charge in [0.2, 0.25) is 0 Å². The molecule has 0 bridgehead atoms. The topological polar surface area (TPSA) is 83.8 Å². The molecule has 106 valence electrons. The van der Waals surface area contributed by atoms with Crippen LogP contribution in [0, 0.1) is 17.0 Å². The number of aromatic amines is 1. The Bertz CT molecular complexity index is 619. The molecule has 6 heteroatoms. The Balaban J connectivity index is 2.24. The van der Waals surface area contributed by atoms with Crippen molar-refractivity contribution in [3.05, 3.63) is 45.6 Å². The second kappa shape index (κ2) is 5.83. The van der Waals surface area contributed by atoms with Crippen molar-refractivity contribution >= 4 is 5.69 Å². The number of nitrogens with zero attached hydrogens (tertiary/aromatic N) is 2. The Kier molecular flexibility index (Phi) is 4.14. The summed E-state index contributed by atoms with van der Waals surface area (Å²) in [6, 6.07) is 7.45. The third-order valence-electron chi connectivity index (χ3n) is 3.03. The van der Waals surface area contributed by atoms with Gasteiger partial charge >= 0.3 is 0 Å². The number of hydrogen-bond donors (Lipinski definition) is 2. The van der Waals surface area contributed by atoms with Crippen molar-refractivity contribution in [1.82, 2.24) is 15.5 Å². The molecule has 6 nitrogen and oxygen atoms in total. The number of nitro groups is 1. The fourth-order valence-electron chi connectivity index (χ4n) is 1.88. The van der Waals surface area contributed by atoms with Gasteiger partial charge in [0.1, 0.15) is 0 Å². The van der Waals surface area contributed by atoms with Gasteiger partial charge in [-0.1, -0.05) is 26.0 Å². The van der Waals surface area contributed by atoms with Crippen LogP contribution in [0.2, 0.25) is 0 Å². The van der Waals surface area contributed by atoms with Gasteiger partial charge in [-0.25, -0.2) is 0 Å². The van der Waals surface area contributed by atoms with E-state index in [2.05, 4.69) is 29.4 Å². The van der Waals surface area contributed by atoms with Crippen molar-refractivity contribution in [2.24, 2.45) is 0 Å². The van der Waals surface area contributed by atoms with E-state index in [1.54, 1.807) is 19.1 Å². The number of nitro benzene ring substituents is 1. The molecular weight excluding hydrogens is 256 g/mol. The van der Waals surface area contributed by atoms with Crippen LogP contribution in [-0.2, 0) is 6.54 Å². The van der Waals surface area contributed by atoms with Crippen molar-refractivity contribution in [2.45, 2.75) is 33.4 Å². The minimum Gasteiger partial charge on any atom is -0.309 e. The standard InChI is InChI=1S/C14H18N4O2/c1-9(2)15-8-12-7-13(17-16-12)11-5-4-10(3)14(6-11)18(19)20/h4-7,9,15H,8H2,1-3H3,(H,16,17). The molecule has 0 unspecified atom stereocenters. The summed E-state index contributed by atoms with van der Waals surface area (Å²) in [5.74, 6) is 0. The predicted molar refractivity (Wildman–Crippen MR) is 77.4 cm³/mol. The van der Waals surface area contributed by atoms with Gasteiger partial charge < -0.3 is 5.32 Å². The van der Waals surface area contributed by atoms with Crippen LogP contribution >= 0.6 is 0 Å². The molecule has 0 atom stereocenters. The minimum absolute atomic E-state index is 0.118. The van der Waals surface area contributed by atoms with Gasteiger partial charge in [-0.05, 0) is 13.0 Å². The molecule has 0 radical (unpaired) electrons. The molecule has 0 aliphatic rings. The van der Waals surface area contributed by atoms with E-state index in [4.69, 9.17) is 0 Å². The van der Waals surface area contributed by atoms with Crippen molar-refractivity contribution in [2.75, 3.05) is 0 Å². The van der Waals surface area contributed by atoms with Gasteiger partial charge in [-0.2, -0.15) is 5.10 Å². The SMILES string of the molecule is Cc1ccc(-c2cc(CNC(C)C)[nH]n2)cc1[N+](=O)[O-]. The van der Waals surface area contributed by atoms with Crippen molar-refractivity contribution < 1.29 is 4.92 Å². The average Bonchev–Trinajstić information content (AvgIpc) is 2.85. The van der Waals surface area contributed by atoms with E-state index in [9.17, 15) is 10.1 Å². The van der Waals surface area contributed by atoms with Crippen molar-refractivity contribution in [3.63, 3.8) is 0 Å². The van der Waals surface area contributed by atoms with Crippen LogP contribution in [0.25, 0.3) is 11.3 Å². The molecule has 0 aliphatic heterocycles. The highest BCUT2D eigenvalue weighted by Crippen LogP contribution is 2.25. The van der Waals surface area contributed by atoms with E-state index >= 15 is 0 Å². The lowest BCUT2D eigenvalue weighted by molar-refractivity contribution is -0.385. The van der Waals surface area contributed by atoms with E-state index in [1.165, 1.54) is 0 Å². The number of benzene rings is 1. The van der Waals surface area contributed by atoms with Crippen LogP contribution in [0.4, 0.5) is 5.69 Å². The average molecular weight is 274 g/mol. The lowest BCUT2D eigenvalue weighted by Crippen LogP contribution is -2.21. The zero-order valence-electron chi connectivity index (χ0n) is 11.8. The van der Waals surface area contributed by atoms with Crippen molar-refractivity contribution in [1.29, 1.82) is 0 Å². The molecule has 1 aromatic carbocycles. The fraction of sp³-hybridized carbons (Fsp3) is 0.357. The molecule has 2 rings (SSSR count). The summed E-state index contributed by atoms with van der Waals surface area (Å²) in [5, 5.41) is 21.4. The molecule has 1 heterocycles. The summed E-state index contributed by atoms with van der Waals surface area (Å²) in [6.45, 7) is 6.56. The number of rotatable bonds is 5. The highest BCUT2D eigenvalue weighted by molar-refractivity contribution is 5.64. The van der Waals surface area contributed by atoms with E-state index < -0.39 is 0 Å². The summed E-state index contributed by atoms with van der Waals surface area (Å²) in [5.41, 5.74) is 3.18. The van der Waals surface area contributed by atoms with Crippen LogP contribution in [0.5, 0.6) is 0 Å². The maximum absolute atomic E-state index is 11.0. The first-order chi connectivity index (χ1) is 9.47. The molecule has 0 aliphatic carbocycles. The van der Waals surface area contributed by atoms with E-state index in [0.717, 1.165) is 11.3 Å². The summed E-state index contributed by atoms with van der Waals surface area (Å²) < 4.78 is 0. The first kappa shape index (κ1) is 14.2.